The number of nitrogens with zero attached hydrogens (tertiary/aromatic N) is 1. The Morgan fingerprint density at radius 2 is 1.46 bits per heavy atom. The number of esters is 2. The van der Waals surface area contributed by atoms with Gasteiger partial charge in [-0.2, -0.15) is 0 Å². The van der Waals surface area contributed by atoms with Crippen LogP contribution >= 0.6 is 0 Å². The highest BCUT2D eigenvalue weighted by Crippen LogP contribution is 2.67. The molecule has 0 radical (unpaired) electrons. The molecule has 3 aromatic rings. The van der Waals surface area contributed by atoms with Gasteiger partial charge in [-0.05, 0) is 68.1 Å². The van der Waals surface area contributed by atoms with E-state index in [-0.39, 0.29) is 16.9 Å². The summed E-state index contributed by atoms with van der Waals surface area (Å²) in [7, 11) is 1.84. The van der Waals surface area contributed by atoms with E-state index >= 15 is 0 Å². The summed E-state index contributed by atoms with van der Waals surface area (Å²) in [5.74, 6) is -1.13. The lowest BCUT2D eigenvalue weighted by Gasteiger charge is -2.48. The number of rotatable bonds is 12. The van der Waals surface area contributed by atoms with Crippen molar-refractivity contribution in [3.8, 4) is 0 Å². The second-order valence-corrected chi connectivity index (χ2v) is 14.8. The maximum Gasteiger partial charge on any atom is 0.315 e. The van der Waals surface area contributed by atoms with Gasteiger partial charge in [0.15, 0.2) is 0 Å². The first-order valence-electron chi connectivity index (χ1n) is 16.7. The van der Waals surface area contributed by atoms with Gasteiger partial charge >= 0.3 is 11.9 Å². The third kappa shape index (κ3) is 6.94. The van der Waals surface area contributed by atoms with Gasteiger partial charge in [0.25, 0.3) is 0 Å². The Balaban J connectivity index is 1.74. The summed E-state index contributed by atoms with van der Waals surface area (Å²) in [5, 5.41) is 0. The molecule has 2 bridgehead atoms. The Hall–Kier alpha value is -3.48. The van der Waals surface area contributed by atoms with Crippen LogP contribution < -0.4 is 0 Å². The minimum atomic E-state index is -0.874. The van der Waals surface area contributed by atoms with Crippen molar-refractivity contribution in [3.05, 3.63) is 108 Å². The predicted octanol–water partition coefficient (Wildman–Crippen LogP) is 8.33. The lowest BCUT2D eigenvalue weighted by Crippen LogP contribution is -2.52. The number of methoxy groups -OCH3 is 1. The van der Waals surface area contributed by atoms with Gasteiger partial charge in [0, 0.05) is 32.5 Å². The molecular formula is C40H51NO5. The van der Waals surface area contributed by atoms with E-state index in [0.29, 0.717) is 19.0 Å². The lowest BCUT2D eigenvalue weighted by molar-refractivity contribution is -0.175. The van der Waals surface area contributed by atoms with Gasteiger partial charge in [0.05, 0.1) is 12.1 Å². The first kappa shape index (κ1) is 33.9. The normalized spacial score (nSPS) is 23.9. The van der Waals surface area contributed by atoms with Gasteiger partial charge in [-0.1, -0.05) is 105 Å². The van der Waals surface area contributed by atoms with Gasteiger partial charge < -0.3 is 14.2 Å². The molecule has 0 unspecified atom stereocenters. The molecule has 0 aliphatic heterocycles. The maximum atomic E-state index is 14.7. The molecule has 6 atom stereocenters. The van der Waals surface area contributed by atoms with Crippen molar-refractivity contribution in [1.29, 1.82) is 0 Å². The Morgan fingerprint density at radius 1 is 0.891 bits per heavy atom. The molecule has 3 aromatic carbocycles. The van der Waals surface area contributed by atoms with E-state index in [1.807, 2.05) is 82.5 Å². The second-order valence-electron chi connectivity index (χ2n) is 14.8. The predicted molar refractivity (Wildman–Crippen MR) is 181 cm³/mol. The highest BCUT2D eigenvalue weighted by atomic mass is 16.6. The summed E-state index contributed by atoms with van der Waals surface area (Å²) in [4.78, 5) is 30.0. The van der Waals surface area contributed by atoms with Gasteiger partial charge in [0.1, 0.15) is 17.6 Å². The van der Waals surface area contributed by atoms with Crippen LogP contribution in [0.5, 0.6) is 0 Å². The van der Waals surface area contributed by atoms with E-state index in [9.17, 15) is 9.59 Å². The van der Waals surface area contributed by atoms with E-state index in [1.165, 1.54) is 6.92 Å². The average Bonchev–Trinajstić information content (AvgIpc) is 3.38. The molecule has 2 saturated carbocycles. The first-order valence-corrected chi connectivity index (χ1v) is 16.7. The SMILES string of the molecule is CO[C@@H]1C[C@H]2CC[C@]1(CN(Cc1ccccc1)[C@H](c1ccccc1)[C@H](C(=O)OC(C)(C)C)[C@@H](OC(C)=O)c1ccccc1)C2(C)C. The Bertz CT molecular complexity index is 1450. The molecule has 5 rings (SSSR count). The van der Waals surface area contributed by atoms with Crippen LogP contribution in [0.4, 0.5) is 0 Å². The van der Waals surface area contributed by atoms with Crippen LogP contribution in [0, 0.1) is 22.7 Å². The van der Waals surface area contributed by atoms with Crippen LogP contribution in [0.15, 0.2) is 91.0 Å². The third-order valence-corrected chi connectivity index (χ3v) is 10.7. The minimum Gasteiger partial charge on any atom is -0.460 e. The Morgan fingerprint density at radius 3 is 1.98 bits per heavy atom. The summed E-state index contributed by atoms with van der Waals surface area (Å²) in [5.41, 5.74) is 2.04. The molecular weight excluding hydrogens is 574 g/mol. The highest BCUT2D eigenvalue weighted by Gasteiger charge is 2.65. The number of carbonyl (C=O) groups excluding carboxylic acids is 2. The minimum absolute atomic E-state index is 0.0417. The second kappa shape index (κ2) is 13.7. The summed E-state index contributed by atoms with van der Waals surface area (Å²) in [6.07, 6.45) is 2.49. The van der Waals surface area contributed by atoms with Crippen molar-refractivity contribution >= 4 is 11.9 Å². The fourth-order valence-electron chi connectivity index (χ4n) is 8.39. The number of fused-ring (bicyclic) bond motifs is 2. The van der Waals surface area contributed by atoms with Crippen LogP contribution in [-0.4, -0.2) is 42.2 Å². The summed E-state index contributed by atoms with van der Waals surface area (Å²) >= 11 is 0. The number of carbonyl (C=O) groups is 2. The zero-order valence-corrected chi connectivity index (χ0v) is 28.6. The van der Waals surface area contributed by atoms with Crippen molar-refractivity contribution in [2.45, 2.75) is 91.2 Å². The molecule has 0 heterocycles. The quantitative estimate of drug-likeness (QED) is 0.189. The van der Waals surface area contributed by atoms with E-state index < -0.39 is 35.6 Å². The van der Waals surface area contributed by atoms with Crippen molar-refractivity contribution in [2.75, 3.05) is 13.7 Å². The van der Waals surface area contributed by atoms with Gasteiger partial charge in [-0.15, -0.1) is 0 Å². The molecule has 6 heteroatoms. The number of hydrogen-bond donors (Lipinski definition) is 0. The standard InChI is InChI=1S/C40H51NO5/c1-28(42)45-36(31-21-15-10-16-22-31)34(37(43)46-38(2,3)4)35(30-19-13-9-14-20-30)41(26-29-17-11-8-12-18-29)27-40-24-23-32(39(40,5)6)25-33(40)44-7/h8-22,32-36H,23-27H2,1-7H3/t32-,33-,34+,35-,36+,40-/m1/s1. The topological polar surface area (TPSA) is 65.1 Å². The highest BCUT2D eigenvalue weighted by molar-refractivity contribution is 5.76. The Labute approximate surface area is 275 Å². The van der Waals surface area contributed by atoms with E-state index in [1.54, 1.807) is 0 Å². The lowest BCUT2D eigenvalue weighted by atomic mass is 9.67. The molecule has 0 aromatic heterocycles. The van der Waals surface area contributed by atoms with Gasteiger partial charge in [0.2, 0.25) is 0 Å². The summed E-state index contributed by atoms with van der Waals surface area (Å²) in [6.45, 7) is 13.2. The molecule has 246 valence electrons. The van der Waals surface area contributed by atoms with Crippen LogP contribution in [0.1, 0.15) is 89.6 Å². The molecule has 6 nitrogen and oxygen atoms in total. The van der Waals surface area contributed by atoms with Crippen molar-refractivity contribution in [3.63, 3.8) is 0 Å². The molecule has 2 fully saturated rings. The van der Waals surface area contributed by atoms with Crippen LogP contribution in [-0.2, 0) is 30.3 Å². The van der Waals surface area contributed by atoms with Crippen LogP contribution in [0.25, 0.3) is 0 Å². The summed E-state index contributed by atoms with van der Waals surface area (Å²) in [6, 6.07) is 29.7. The number of ether oxygens (including phenoxy) is 3. The van der Waals surface area contributed by atoms with Crippen molar-refractivity contribution in [1.82, 2.24) is 4.90 Å². The van der Waals surface area contributed by atoms with Crippen molar-refractivity contribution < 1.29 is 23.8 Å². The van der Waals surface area contributed by atoms with Crippen LogP contribution in [0.3, 0.4) is 0 Å². The molecule has 0 spiro atoms. The van der Waals surface area contributed by atoms with E-state index in [2.05, 4.69) is 55.1 Å². The summed E-state index contributed by atoms with van der Waals surface area (Å²) < 4.78 is 18.7. The number of benzene rings is 3. The molecule has 0 N–H and O–H groups in total. The fraction of sp³-hybridized carbons (Fsp3) is 0.500. The maximum absolute atomic E-state index is 14.7. The number of hydrogen-bond acceptors (Lipinski definition) is 6. The Kier molecular flexibility index (Phi) is 10.1. The first-order chi connectivity index (χ1) is 21.9. The molecule has 0 amide bonds. The smallest absolute Gasteiger partial charge is 0.315 e. The molecule has 2 aliphatic carbocycles. The van der Waals surface area contributed by atoms with Gasteiger partial charge in [-0.25, -0.2) is 0 Å². The average molecular weight is 626 g/mol. The molecule has 2 aliphatic rings. The monoisotopic (exact) mass is 625 g/mol. The van der Waals surface area contributed by atoms with Gasteiger partial charge in [-0.3, -0.25) is 14.5 Å². The van der Waals surface area contributed by atoms with Crippen LogP contribution in [0.2, 0.25) is 0 Å². The van der Waals surface area contributed by atoms with Crippen molar-refractivity contribution in [2.24, 2.45) is 22.7 Å². The zero-order valence-electron chi connectivity index (χ0n) is 28.6. The third-order valence-electron chi connectivity index (χ3n) is 10.7. The van der Waals surface area contributed by atoms with E-state index in [4.69, 9.17) is 14.2 Å². The molecule has 0 saturated heterocycles. The zero-order chi connectivity index (χ0) is 33.1. The largest absolute Gasteiger partial charge is 0.460 e. The fourth-order valence-corrected chi connectivity index (χ4v) is 8.39. The van der Waals surface area contributed by atoms with E-state index in [0.717, 1.165) is 36.0 Å². The molecule has 46 heavy (non-hydrogen) atoms.